The Morgan fingerprint density at radius 1 is 1.19 bits per heavy atom. The van der Waals surface area contributed by atoms with Crippen LogP contribution in [0.3, 0.4) is 0 Å². The summed E-state index contributed by atoms with van der Waals surface area (Å²) in [6.07, 6.45) is 0.909. The van der Waals surface area contributed by atoms with Crippen LogP contribution in [0.4, 0.5) is 0 Å². The fourth-order valence-corrected chi connectivity index (χ4v) is 3.51. The zero-order valence-electron chi connectivity index (χ0n) is 15.3. The monoisotopic (exact) mass is 400 g/mol. The number of thioether (sulfide) groups is 1. The predicted octanol–water partition coefficient (Wildman–Crippen LogP) is 4.51. The predicted molar refractivity (Wildman–Crippen MR) is 111 cm³/mol. The summed E-state index contributed by atoms with van der Waals surface area (Å²) in [4.78, 5) is 12.0. The van der Waals surface area contributed by atoms with Crippen LogP contribution in [-0.4, -0.2) is 33.0 Å². The normalized spacial score (nSPS) is 10.8. The van der Waals surface area contributed by atoms with Crippen molar-refractivity contribution in [3.8, 4) is 17.1 Å². The maximum atomic E-state index is 12.0. The fraction of sp³-hybridized carbons (Fsp3) is 0.250. The van der Waals surface area contributed by atoms with Gasteiger partial charge in [-0.05, 0) is 31.5 Å². The van der Waals surface area contributed by atoms with Crippen molar-refractivity contribution in [2.24, 2.45) is 0 Å². The van der Waals surface area contributed by atoms with Crippen LogP contribution in [0.2, 0.25) is 5.02 Å². The van der Waals surface area contributed by atoms with Crippen LogP contribution in [0.5, 0.6) is 0 Å². The summed E-state index contributed by atoms with van der Waals surface area (Å²) in [5.41, 5.74) is 2.99. The molecule has 5 nitrogen and oxygen atoms in total. The van der Waals surface area contributed by atoms with E-state index in [0.717, 1.165) is 17.7 Å². The lowest BCUT2D eigenvalue weighted by molar-refractivity contribution is -0.118. The molecule has 3 rings (SSSR count). The summed E-state index contributed by atoms with van der Waals surface area (Å²) >= 11 is 7.55. The van der Waals surface area contributed by atoms with Crippen LogP contribution < -0.4 is 5.32 Å². The topological polar surface area (TPSA) is 59.8 Å². The molecule has 1 aromatic heterocycles. The molecule has 0 fully saturated rings. The third-order valence-corrected chi connectivity index (χ3v) is 5.08. The average Bonchev–Trinajstić information content (AvgIpc) is 3.09. The second-order valence-corrected chi connectivity index (χ2v) is 7.51. The number of nitrogens with zero attached hydrogens (tertiary/aromatic N) is 3. The van der Waals surface area contributed by atoms with Gasteiger partial charge < -0.3 is 5.32 Å². The number of carbonyl (C=O) groups excluding carboxylic acids is 1. The van der Waals surface area contributed by atoms with E-state index in [1.807, 2.05) is 66.9 Å². The van der Waals surface area contributed by atoms with Crippen molar-refractivity contribution in [3.05, 3.63) is 59.1 Å². The van der Waals surface area contributed by atoms with Crippen molar-refractivity contribution in [2.45, 2.75) is 25.4 Å². The first kappa shape index (κ1) is 19.5. The van der Waals surface area contributed by atoms with Crippen LogP contribution in [0.1, 0.15) is 18.9 Å². The van der Waals surface area contributed by atoms with Crippen molar-refractivity contribution in [2.75, 3.05) is 12.3 Å². The number of nitrogens with one attached hydrogen (secondary N) is 1. The molecule has 2 aromatic carbocycles. The number of benzene rings is 2. The second-order valence-electron chi connectivity index (χ2n) is 6.13. The van der Waals surface area contributed by atoms with Crippen LogP contribution in [0, 0.1) is 6.92 Å². The lowest BCUT2D eigenvalue weighted by atomic mass is 10.1. The third kappa shape index (κ3) is 4.90. The highest BCUT2D eigenvalue weighted by molar-refractivity contribution is 7.99. The number of hydrogen-bond donors (Lipinski definition) is 1. The van der Waals surface area contributed by atoms with E-state index in [-0.39, 0.29) is 11.7 Å². The Kier molecular flexibility index (Phi) is 6.53. The zero-order valence-corrected chi connectivity index (χ0v) is 16.8. The number of aryl methyl sites for hydroxylation is 1. The summed E-state index contributed by atoms with van der Waals surface area (Å²) < 4.78 is 1.94. The molecule has 1 amide bonds. The molecule has 0 radical (unpaired) electrons. The molecule has 7 heteroatoms. The van der Waals surface area contributed by atoms with Gasteiger partial charge in [0.15, 0.2) is 11.0 Å². The molecule has 1 N–H and O–H groups in total. The summed E-state index contributed by atoms with van der Waals surface area (Å²) in [7, 11) is 0. The van der Waals surface area contributed by atoms with Crippen LogP contribution in [0.15, 0.2) is 53.7 Å². The highest BCUT2D eigenvalue weighted by atomic mass is 35.5. The van der Waals surface area contributed by atoms with Crippen molar-refractivity contribution < 1.29 is 4.79 Å². The lowest BCUT2D eigenvalue weighted by Gasteiger charge is -2.11. The summed E-state index contributed by atoms with van der Waals surface area (Å²) in [5.74, 6) is 0.986. The van der Waals surface area contributed by atoms with Gasteiger partial charge in [0.1, 0.15) is 0 Å². The van der Waals surface area contributed by atoms with Gasteiger partial charge in [0.2, 0.25) is 5.91 Å². The van der Waals surface area contributed by atoms with Gasteiger partial charge in [-0.25, -0.2) is 0 Å². The summed E-state index contributed by atoms with van der Waals surface area (Å²) in [5, 5.41) is 12.9. The average molecular weight is 401 g/mol. The molecule has 0 unspecified atom stereocenters. The molecule has 0 aliphatic carbocycles. The van der Waals surface area contributed by atoms with Gasteiger partial charge in [0.05, 0.1) is 11.4 Å². The number of halogens is 1. The first-order valence-corrected chi connectivity index (χ1v) is 10.1. The van der Waals surface area contributed by atoms with E-state index >= 15 is 0 Å². The van der Waals surface area contributed by atoms with Crippen LogP contribution in [-0.2, 0) is 4.79 Å². The van der Waals surface area contributed by atoms with Gasteiger partial charge >= 0.3 is 0 Å². The molecule has 27 heavy (non-hydrogen) atoms. The van der Waals surface area contributed by atoms with E-state index < -0.39 is 0 Å². The van der Waals surface area contributed by atoms with Crippen molar-refractivity contribution in [1.29, 1.82) is 0 Å². The fourth-order valence-electron chi connectivity index (χ4n) is 2.55. The Hall–Kier alpha value is -2.31. The summed E-state index contributed by atoms with van der Waals surface area (Å²) in [6.45, 7) is 4.74. The minimum absolute atomic E-state index is 0.0145. The van der Waals surface area contributed by atoms with Crippen molar-refractivity contribution in [1.82, 2.24) is 20.1 Å². The van der Waals surface area contributed by atoms with Gasteiger partial charge in [-0.2, -0.15) is 0 Å². The Labute approximate surface area is 168 Å². The van der Waals surface area contributed by atoms with Gasteiger partial charge in [-0.15, -0.1) is 10.2 Å². The van der Waals surface area contributed by atoms with Gasteiger partial charge in [-0.1, -0.05) is 66.2 Å². The SMILES string of the molecule is CCCNC(=O)CSc1nnc(-c2ccc(C)cc2)n1-c1cccc(Cl)c1. The Balaban J connectivity index is 1.96. The molecule has 0 bridgehead atoms. The molecule has 0 saturated heterocycles. The number of carbonyl (C=O) groups is 1. The lowest BCUT2D eigenvalue weighted by Crippen LogP contribution is -2.25. The molecule has 0 aliphatic rings. The van der Waals surface area contributed by atoms with E-state index in [0.29, 0.717) is 22.5 Å². The Morgan fingerprint density at radius 3 is 2.67 bits per heavy atom. The van der Waals surface area contributed by atoms with Gasteiger partial charge in [-0.3, -0.25) is 9.36 Å². The largest absolute Gasteiger partial charge is 0.355 e. The molecule has 0 aliphatic heterocycles. The molecule has 0 saturated carbocycles. The molecule has 0 atom stereocenters. The van der Waals surface area contributed by atoms with Crippen LogP contribution in [0.25, 0.3) is 17.1 Å². The number of rotatable bonds is 7. The summed E-state index contributed by atoms with van der Waals surface area (Å²) in [6, 6.07) is 15.6. The smallest absolute Gasteiger partial charge is 0.230 e. The zero-order chi connectivity index (χ0) is 19.2. The second kappa shape index (κ2) is 9.06. The third-order valence-electron chi connectivity index (χ3n) is 3.91. The Bertz CT molecular complexity index is 924. The molecule has 1 heterocycles. The van der Waals surface area contributed by atoms with Crippen molar-refractivity contribution >= 4 is 29.3 Å². The maximum absolute atomic E-state index is 12.0. The highest BCUT2D eigenvalue weighted by Gasteiger charge is 2.17. The number of amides is 1. The van der Waals surface area contributed by atoms with Crippen molar-refractivity contribution in [3.63, 3.8) is 0 Å². The standard InChI is InChI=1S/C20H21ClN4OS/c1-3-11-22-18(26)13-27-20-24-23-19(15-9-7-14(2)8-10-15)25(20)17-6-4-5-16(21)12-17/h4-10,12H,3,11,13H2,1-2H3,(H,22,26). The first-order chi connectivity index (χ1) is 13.1. The van der Waals surface area contributed by atoms with E-state index in [2.05, 4.69) is 15.5 Å². The van der Waals surface area contributed by atoms with Gasteiger partial charge in [0, 0.05) is 17.1 Å². The minimum atomic E-state index is -0.0145. The van der Waals surface area contributed by atoms with Crippen LogP contribution >= 0.6 is 23.4 Å². The Morgan fingerprint density at radius 2 is 1.96 bits per heavy atom. The van der Waals surface area contributed by atoms with E-state index in [1.54, 1.807) is 0 Å². The molecular formula is C20H21ClN4OS. The maximum Gasteiger partial charge on any atom is 0.230 e. The molecule has 0 spiro atoms. The number of hydrogen-bond acceptors (Lipinski definition) is 4. The molecule has 3 aromatic rings. The quantitative estimate of drug-likeness (QED) is 0.592. The van der Waals surface area contributed by atoms with Gasteiger partial charge in [0.25, 0.3) is 0 Å². The highest BCUT2D eigenvalue weighted by Crippen LogP contribution is 2.29. The first-order valence-electron chi connectivity index (χ1n) is 8.76. The van der Waals surface area contributed by atoms with E-state index in [1.165, 1.54) is 17.3 Å². The minimum Gasteiger partial charge on any atom is -0.355 e. The number of aromatic nitrogens is 3. The van der Waals surface area contributed by atoms with E-state index in [9.17, 15) is 4.79 Å². The van der Waals surface area contributed by atoms with E-state index in [4.69, 9.17) is 11.6 Å². The molecular weight excluding hydrogens is 380 g/mol. The molecule has 140 valence electrons.